The van der Waals surface area contributed by atoms with Crippen LogP contribution < -0.4 is 15.4 Å². The van der Waals surface area contributed by atoms with Gasteiger partial charge in [-0.2, -0.15) is 0 Å². The highest BCUT2D eigenvalue weighted by atomic mass is 35.5. The lowest BCUT2D eigenvalue weighted by molar-refractivity contribution is -0.0384. The number of fused-ring (bicyclic) bond motifs is 1. The number of aromatic nitrogens is 3. The van der Waals surface area contributed by atoms with Gasteiger partial charge >= 0.3 is 6.03 Å². The number of amides is 2. The first-order chi connectivity index (χ1) is 15.8. The van der Waals surface area contributed by atoms with Crippen LogP contribution in [0.3, 0.4) is 0 Å². The standard InChI is InChI=1S/C22H24ClF2N5O3/c1-32-8-9-33-18-3-2-16-20(30-18)17(12-26-16)29-21(31)28-14-10-15(23)19(27-11-14)13-4-6-22(24,25)7-5-13/h2-3,10-13,26H,4-9H2,1H3,(H2,28,29,31). The Morgan fingerprint density at radius 2 is 2.06 bits per heavy atom. The Kier molecular flexibility index (Phi) is 6.94. The molecule has 3 N–H and O–H groups in total. The first kappa shape index (κ1) is 23.2. The van der Waals surface area contributed by atoms with E-state index >= 15 is 0 Å². The van der Waals surface area contributed by atoms with Crippen LogP contribution in [0.5, 0.6) is 5.88 Å². The van der Waals surface area contributed by atoms with E-state index in [1.807, 2.05) is 0 Å². The van der Waals surface area contributed by atoms with Crippen molar-refractivity contribution in [2.24, 2.45) is 0 Å². The van der Waals surface area contributed by atoms with Gasteiger partial charge in [0.1, 0.15) is 12.1 Å². The Morgan fingerprint density at radius 1 is 1.27 bits per heavy atom. The number of anilines is 2. The highest BCUT2D eigenvalue weighted by molar-refractivity contribution is 6.31. The van der Waals surface area contributed by atoms with Crippen LogP contribution in [0, 0.1) is 0 Å². The molecule has 8 nitrogen and oxygen atoms in total. The largest absolute Gasteiger partial charge is 0.475 e. The van der Waals surface area contributed by atoms with Crippen LogP contribution in [0.1, 0.15) is 37.3 Å². The van der Waals surface area contributed by atoms with Crippen LogP contribution in [0.4, 0.5) is 25.0 Å². The van der Waals surface area contributed by atoms with Gasteiger partial charge in [0.15, 0.2) is 0 Å². The van der Waals surface area contributed by atoms with Crippen molar-refractivity contribution in [3.8, 4) is 5.88 Å². The Labute approximate surface area is 194 Å². The fourth-order valence-electron chi connectivity index (χ4n) is 3.80. The normalized spacial score (nSPS) is 16.0. The quantitative estimate of drug-likeness (QED) is 0.384. The summed E-state index contributed by atoms with van der Waals surface area (Å²) in [6.45, 7) is 0.790. The minimum absolute atomic E-state index is 0.113. The van der Waals surface area contributed by atoms with E-state index in [0.29, 0.717) is 59.5 Å². The van der Waals surface area contributed by atoms with Crippen LogP contribution in [-0.2, 0) is 4.74 Å². The molecule has 0 aromatic carbocycles. The molecule has 0 saturated heterocycles. The third-order valence-corrected chi connectivity index (χ3v) is 5.82. The third kappa shape index (κ3) is 5.69. The molecular weight excluding hydrogens is 456 g/mol. The van der Waals surface area contributed by atoms with E-state index in [9.17, 15) is 13.6 Å². The monoisotopic (exact) mass is 479 g/mol. The van der Waals surface area contributed by atoms with Crippen molar-refractivity contribution in [1.29, 1.82) is 0 Å². The number of hydrogen-bond acceptors (Lipinski definition) is 5. The number of halogens is 3. The Bertz CT molecular complexity index is 1130. The molecule has 0 unspecified atom stereocenters. The molecule has 1 aliphatic carbocycles. The molecule has 0 atom stereocenters. The molecule has 0 radical (unpaired) electrons. The van der Waals surface area contributed by atoms with Gasteiger partial charge in [-0.1, -0.05) is 11.6 Å². The van der Waals surface area contributed by atoms with Gasteiger partial charge in [-0.25, -0.2) is 18.6 Å². The zero-order valence-corrected chi connectivity index (χ0v) is 18.7. The van der Waals surface area contributed by atoms with E-state index in [2.05, 4.69) is 25.6 Å². The number of carbonyl (C=O) groups is 1. The van der Waals surface area contributed by atoms with E-state index < -0.39 is 12.0 Å². The number of pyridine rings is 2. The number of carbonyl (C=O) groups excluding carboxylic acids is 1. The molecular formula is C22H24ClF2N5O3. The molecule has 11 heteroatoms. The highest BCUT2D eigenvalue weighted by Gasteiger charge is 2.36. The van der Waals surface area contributed by atoms with Crippen LogP contribution in [-0.4, -0.2) is 47.2 Å². The SMILES string of the molecule is COCCOc1ccc2[nH]cc(NC(=O)Nc3cnc(C4CCC(F)(F)CC4)c(Cl)c3)c2n1. The molecule has 176 valence electrons. The number of hydrogen-bond donors (Lipinski definition) is 3. The smallest absolute Gasteiger partial charge is 0.323 e. The second-order valence-electron chi connectivity index (χ2n) is 7.89. The van der Waals surface area contributed by atoms with Gasteiger partial charge in [-0.05, 0) is 25.0 Å². The molecule has 2 amide bonds. The molecule has 3 aromatic heterocycles. The third-order valence-electron chi connectivity index (χ3n) is 5.51. The van der Waals surface area contributed by atoms with E-state index in [1.54, 1.807) is 31.5 Å². The maximum absolute atomic E-state index is 13.4. The zero-order valence-electron chi connectivity index (χ0n) is 18.0. The summed E-state index contributed by atoms with van der Waals surface area (Å²) < 4.78 is 37.3. The fraction of sp³-hybridized carbons (Fsp3) is 0.409. The van der Waals surface area contributed by atoms with Gasteiger partial charge in [0.25, 0.3) is 0 Å². The summed E-state index contributed by atoms with van der Waals surface area (Å²) in [7, 11) is 1.58. The van der Waals surface area contributed by atoms with Gasteiger partial charge in [-0.3, -0.25) is 4.98 Å². The number of H-pyrrole nitrogens is 1. The molecule has 4 rings (SSSR count). The Hall–Kier alpha value is -2.98. The lowest BCUT2D eigenvalue weighted by Crippen LogP contribution is -2.24. The Morgan fingerprint density at radius 3 is 2.79 bits per heavy atom. The lowest BCUT2D eigenvalue weighted by Gasteiger charge is -2.28. The van der Waals surface area contributed by atoms with Crippen molar-refractivity contribution in [2.75, 3.05) is 31.0 Å². The average Bonchev–Trinajstić information content (AvgIpc) is 3.16. The van der Waals surface area contributed by atoms with Crippen LogP contribution in [0.2, 0.25) is 5.02 Å². The maximum Gasteiger partial charge on any atom is 0.323 e. The van der Waals surface area contributed by atoms with Crippen molar-refractivity contribution in [2.45, 2.75) is 37.5 Å². The average molecular weight is 480 g/mol. The molecule has 33 heavy (non-hydrogen) atoms. The van der Waals surface area contributed by atoms with Crippen LogP contribution >= 0.6 is 11.6 Å². The van der Waals surface area contributed by atoms with Crippen LogP contribution in [0.25, 0.3) is 11.0 Å². The van der Waals surface area contributed by atoms with E-state index in [-0.39, 0.29) is 18.8 Å². The minimum atomic E-state index is -2.61. The van der Waals surface area contributed by atoms with Crippen LogP contribution in [0.15, 0.2) is 30.6 Å². The number of methoxy groups -OCH3 is 1. The topological polar surface area (TPSA) is 101 Å². The number of rotatable bonds is 7. The summed E-state index contributed by atoms with van der Waals surface area (Å²) in [6.07, 6.45) is 3.42. The van der Waals surface area contributed by atoms with E-state index in [1.165, 1.54) is 6.20 Å². The molecule has 1 saturated carbocycles. The van der Waals surface area contributed by atoms with E-state index in [4.69, 9.17) is 21.1 Å². The summed E-state index contributed by atoms with van der Waals surface area (Å²) in [4.78, 5) is 24.3. The second-order valence-corrected chi connectivity index (χ2v) is 8.30. The number of ether oxygens (including phenoxy) is 2. The molecule has 3 heterocycles. The van der Waals surface area contributed by atoms with Crippen molar-refractivity contribution >= 4 is 40.0 Å². The summed E-state index contributed by atoms with van der Waals surface area (Å²) in [5, 5.41) is 5.76. The molecule has 0 bridgehead atoms. The minimum Gasteiger partial charge on any atom is -0.475 e. The predicted octanol–water partition coefficient (Wildman–Crippen LogP) is 5.57. The number of urea groups is 1. The summed E-state index contributed by atoms with van der Waals surface area (Å²) in [5.74, 6) is -2.32. The van der Waals surface area contributed by atoms with Crippen molar-refractivity contribution in [3.63, 3.8) is 0 Å². The number of nitrogens with zero attached hydrogens (tertiary/aromatic N) is 2. The molecule has 0 spiro atoms. The number of aromatic amines is 1. The molecule has 3 aromatic rings. The Balaban J connectivity index is 1.40. The first-order valence-corrected chi connectivity index (χ1v) is 10.9. The van der Waals surface area contributed by atoms with Gasteiger partial charge in [0.2, 0.25) is 11.8 Å². The van der Waals surface area contributed by atoms with Gasteiger partial charge < -0.3 is 25.1 Å². The molecule has 0 aliphatic heterocycles. The predicted molar refractivity (Wildman–Crippen MR) is 122 cm³/mol. The number of nitrogens with one attached hydrogen (secondary N) is 3. The molecule has 1 aliphatic rings. The van der Waals surface area contributed by atoms with Gasteiger partial charge in [0, 0.05) is 38.1 Å². The lowest BCUT2D eigenvalue weighted by atomic mass is 9.84. The van der Waals surface area contributed by atoms with Crippen molar-refractivity contribution in [1.82, 2.24) is 15.0 Å². The number of alkyl halides is 2. The first-order valence-electron chi connectivity index (χ1n) is 10.6. The second kappa shape index (κ2) is 9.88. The van der Waals surface area contributed by atoms with Crippen molar-refractivity contribution < 1.29 is 23.0 Å². The van der Waals surface area contributed by atoms with Gasteiger partial charge in [0.05, 0.1) is 40.4 Å². The maximum atomic E-state index is 13.4. The van der Waals surface area contributed by atoms with Crippen molar-refractivity contribution in [3.05, 3.63) is 41.3 Å². The van der Waals surface area contributed by atoms with Gasteiger partial charge in [-0.15, -0.1) is 0 Å². The fourth-order valence-corrected chi connectivity index (χ4v) is 4.12. The zero-order chi connectivity index (χ0) is 23.4. The summed E-state index contributed by atoms with van der Waals surface area (Å²) in [5.41, 5.74) is 2.72. The van der Waals surface area contributed by atoms with E-state index in [0.717, 1.165) is 5.52 Å². The molecule has 1 fully saturated rings. The summed E-state index contributed by atoms with van der Waals surface area (Å²) >= 11 is 6.35. The summed E-state index contributed by atoms with van der Waals surface area (Å²) in [6, 6.07) is 4.59. The highest BCUT2D eigenvalue weighted by Crippen LogP contribution is 2.42.